The number of nitrogens with zero attached hydrogens (tertiary/aromatic N) is 2. The fourth-order valence-corrected chi connectivity index (χ4v) is 1.47. The zero-order valence-corrected chi connectivity index (χ0v) is 7.56. The predicted molar refractivity (Wildman–Crippen MR) is 45.2 cm³/mol. The van der Waals surface area contributed by atoms with Gasteiger partial charge in [-0.15, -0.1) is 0 Å². The van der Waals surface area contributed by atoms with E-state index >= 15 is 0 Å². The number of ether oxygens (including phenoxy) is 1. The van der Waals surface area contributed by atoms with E-state index in [9.17, 15) is 0 Å². The second-order valence-corrected chi connectivity index (χ2v) is 3.31. The Morgan fingerprint density at radius 3 is 3.00 bits per heavy atom. The van der Waals surface area contributed by atoms with E-state index in [0.717, 1.165) is 13.0 Å². The van der Waals surface area contributed by atoms with Crippen LogP contribution in [0.3, 0.4) is 0 Å². The van der Waals surface area contributed by atoms with Gasteiger partial charge in [-0.2, -0.15) is 4.98 Å². The molecule has 0 aromatic carbocycles. The first-order valence-corrected chi connectivity index (χ1v) is 4.41. The Morgan fingerprint density at radius 2 is 2.38 bits per heavy atom. The van der Waals surface area contributed by atoms with Crippen molar-refractivity contribution in [3.8, 4) is 0 Å². The van der Waals surface area contributed by atoms with Crippen molar-refractivity contribution in [1.82, 2.24) is 10.1 Å². The van der Waals surface area contributed by atoms with Crippen molar-refractivity contribution >= 4 is 0 Å². The van der Waals surface area contributed by atoms with E-state index in [2.05, 4.69) is 10.1 Å². The van der Waals surface area contributed by atoms with Crippen LogP contribution in [-0.4, -0.2) is 29.4 Å². The van der Waals surface area contributed by atoms with E-state index in [-0.39, 0.29) is 12.0 Å². The molecule has 2 heterocycles. The molecule has 2 atom stereocenters. The summed E-state index contributed by atoms with van der Waals surface area (Å²) in [6, 6.07) is 0.0774. The standard InChI is InChI=1S/C8H13N3O2/c1-5-10-8(13-11-5)6-4-12-3-2-7(6)9/h6-7H,2-4,9H2,1H3. The highest BCUT2D eigenvalue weighted by molar-refractivity contribution is 4.99. The Labute approximate surface area is 76.3 Å². The summed E-state index contributed by atoms with van der Waals surface area (Å²) >= 11 is 0. The van der Waals surface area contributed by atoms with Gasteiger partial charge in [0.25, 0.3) is 0 Å². The fourth-order valence-electron chi connectivity index (χ4n) is 1.47. The number of hydrogen-bond acceptors (Lipinski definition) is 5. The Morgan fingerprint density at radius 1 is 1.54 bits per heavy atom. The molecule has 0 radical (unpaired) electrons. The Hall–Kier alpha value is -0.940. The summed E-state index contributed by atoms with van der Waals surface area (Å²) in [7, 11) is 0. The average molecular weight is 183 g/mol. The van der Waals surface area contributed by atoms with Crippen LogP contribution in [0.2, 0.25) is 0 Å². The predicted octanol–water partition coefficient (Wildman–Crippen LogP) is 0.209. The van der Waals surface area contributed by atoms with Crippen molar-refractivity contribution in [2.24, 2.45) is 5.73 Å². The van der Waals surface area contributed by atoms with Gasteiger partial charge in [0.1, 0.15) is 0 Å². The number of rotatable bonds is 1. The molecule has 1 aromatic rings. The van der Waals surface area contributed by atoms with E-state index in [1.807, 2.05) is 0 Å². The molecule has 72 valence electrons. The van der Waals surface area contributed by atoms with Crippen LogP contribution in [-0.2, 0) is 4.74 Å². The van der Waals surface area contributed by atoms with Gasteiger partial charge >= 0.3 is 0 Å². The molecule has 5 heteroatoms. The summed E-state index contributed by atoms with van der Waals surface area (Å²) in [4.78, 5) is 4.15. The first kappa shape index (κ1) is 8.65. The molecule has 0 saturated carbocycles. The number of aromatic nitrogens is 2. The molecule has 0 amide bonds. The van der Waals surface area contributed by atoms with Crippen molar-refractivity contribution < 1.29 is 9.26 Å². The van der Waals surface area contributed by atoms with Crippen LogP contribution < -0.4 is 5.73 Å². The summed E-state index contributed by atoms with van der Waals surface area (Å²) in [6.45, 7) is 3.11. The van der Waals surface area contributed by atoms with E-state index < -0.39 is 0 Å². The lowest BCUT2D eigenvalue weighted by Crippen LogP contribution is -2.37. The van der Waals surface area contributed by atoms with Gasteiger partial charge in [0.05, 0.1) is 12.5 Å². The smallest absolute Gasteiger partial charge is 0.233 e. The SMILES string of the molecule is Cc1noc(C2COCCC2N)n1. The Balaban J connectivity index is 2.14. The molecule has 2 N–H and O–H groups in total. The third-order valence-electron chi connectivity index (χ3n) is 2.27. The number of aryl methyl sites for hydroxylation is 1. The van der Waals surface area contributed by atoms with Crippen molar-refractivity contribution in [1.29, 1.82) is 0 Å². The summed E-state index contributed by atoms with van der Waals surface area (Å²) in [5.74, 6) is 1.31. The van der Waals surface area contributed by atoms with Crippen LogP contribution in [0.25, 0.3) is 0 Å². The highest BCUT2D eigenvalue weighted by atomic mass is 16.5. The van der Waals surface area contributed by atoms with Crippen LogP contribution in [0.4, 0.5) is 0 Å². The minimum absolute atomic E-state index is 0.0648. The van der Waals surface area contributed by atoms with Gasteiger partial charge in [-0.3, -0.25) is 0 Å². The van der Waals surface area contributed by atoms with Gasteiger partial charge in [0, 0.05) is 12.6 Å². The largest absolute Gasteiger partial charge is 0.381 e. The van der Waals surface area contributed by atoms with E-state index in [1.54, 1.807) is 6.92 Å². The molecular weight excluding hydrogens is 170 g/mol. The van der Waals surface area contributed by atoms with Crippen LogP contribution >= 0.6 is 0 Å². The molecule has 2 rings (SSSR count). The zero-order chi connectivity index (χ0) is 9.26. The molecule has 0 spiro atoms. The van der Waals surface area contributed by atoms with E-state index in [4.69, 9.17) is 15.0 Å². The fraction of sp³-hybridized carbons (Fsp3) is 0.750. The highest BCUT2D eigenvalue weighted by Gasteiger charge is 2.28. The van der Waals surface area contributed by atoms with Gasteiger partial charge in [-0.25, -0.2) is 0 Å². The quantitative estimate of drug-likeness (QED) is 0.673. The third kappa shape index (κ3) is 1.71. The molecule has 0 bridgehead atoms. The van der Waals surface area contributed by atoms with Gasteiger partial charge in [0.15, 0.2) is 5.82 Å². The van der Waals surface area contributed by atoms with Gasteiger partial charge in [-0.05, 0) is 13.3 Å². The van der Waals surface area contributed by atoms with Gasteiger partial charge < -0.3 is 15.0 Å². The van der Waals surface area contributed by atoms with E-state index in [1.165, 1.54) is 0 Å². The summed E-state index contributed by atoms with van der Waals surface area (Å²) in [5, 5.41) is 3.73. The molecule has 2 unspecified atom stereocenters. The maximum Gasteiger partial charge on any atom is 0.233 e. The van der Waals surface area contributed by atoms with Crippen molar-refractivity contribution in [2.75, 3.05) is 13.2 Å². The minimum Gasteiger partial charge on any atom is -0.381 e. The van der Waals surface area contributed by atoms with Crippen molar-refractivity contribution in [3.63, 3.8) is 0 Å². The second-order valence-electron chi connectivity index (χ2n) is 3.31. The maximum absolute atomic E-state index is 5.91. The monoisotopic (exact) mass is 183 g/mol. The molecular formula is C8H13N3O2. The van der Waals surface area contributed by atoms with Gasteiger partial charge in [0.2, 0.25) is 5.89 Å². The topological polar surface area (TPSA) is 74.2 Å². The lowest BCUT2D eigenvalue weighted by Gasteiger charge is -2.25. The molecule has 1 aliphatic rings. The summed E-state index contributed by atoms with van der Waals surface area (Å²) < 4.78 is 10.4. The van der Waals surface area contributed by atoms with Crippen LogP contribution in [0.1, 0.15) is 24.1 Å². The molecule has 1 aliphatic heterocycles. The lowest BCUT2D eigenvalue weighted by molar-refractivity contribution is 0.0590. The lowest BCUT2D eigenvalue weighted by atomic mass is 9.97. The normalized spacial score (nSPS) is 29.1. The molecule has 13 heavy (non-hydrogen) atoms. The Bertz CT molecular complexity index is 287. The molecule has 1 saturated heterocycles. The summed E-state index contributed by atoms with van der Waals surface area (Å²) in [6.07, 6.45) is 0.853. The minimum atomic E-state index is 0.0648. The molecule has 0 aliphatic carbocycles. The average Bonchev–Trinajstić information content (AvgIpc) is 2.53. The molecule has 5 nitrogen and oxygen atoms in total. The summed E-state index contributed by atoms with van der Waals surface area (Å²) in [5.41, 5.74) is 5.91. The van der Waals surface area contributed by atoms with Gasteiger partial charge in [-0.1, -0.05) is 5.16 Å². The van der Waals surface area contributed by atoms with Crippen LogP contribution in [0, 0.1) is 6.92 Å². The first-order valence-electron chi connectivity index (χ1n) is 4.41. The van der Waals surface area contributed by atoms with E-state index in [0.29, 0.717) is 18.3 Å². The third-order valence-corrected chi connectivity index (χ3v) is 2.27. The Kier molecular flexibility index (Phi) is 2.28. The molecule has 1 fully saturated rings. The number of nitrogens with two attached hydrogens (primary N) is 1. The van der Waals surface area contributed by atoms with Crippen LogP contribution in [0.15, 0.2) is 4.52 Å². The van der Waals surface area contributed by atoms with Crippen LogP contribution in [0.5, 0.6) is 0 Å². The van der Waals surface area contributed by atoms with Crippen molar-refractivity contribution in [2.45, 2.75) is 25.3 Å². The first-order chi connectivity index (χ1) is 6.27. The maximum atomic E-state index is 5.91. The van der Waals surface area contributed by atoms with Crippen molar-refractivity contribution in [3.05, 3.63) is 11.7 Å². The molecule has 1 aromatic heterocycles. The number of hydrogen-bond donors (Lipinski definition) is 1. The second kappa shape index (κ2) is 3.43. The highest BCUT2D eigenvalue weighted by Crippen LogP contribution is 2.22. The zero-order valence-electron chi connectivity index (χ0n) is 7.56.